The number of fused-ring (bicyclic) bond motifs is 2. The van der Waals surface area contributed by atoms with Gasteiger partial charge in [-0.1, -0.05) is 19.9 Å². The van der Waals surface area contributed by atoms with E-state index in [0.717, 1.165) is 78.2 Å². The highest BCUT2D eigenvalue weighted by Gasteiger charge is 2.32. The molecule has 4 heterocycles. The van der Waals surface area contributed by atoms with E-state index in [1.165, 1.54) is 12.8 Å². The first-order chi connectivity index (χ1) is 17.0. The number of aromatic amines is 1. The fraction of sp³-hybridized carbons (Fsp3) is 0.519. The van der Waals surface area contributed by atoms with Gasteiger partial charge in [0.25, 0.3) is 5.91 Å². The van der Waals surface area contributed by atoms with Crippen molar-refractivity contribution in [1.29, 1.82) is 0 Å². The van der Waals surface area contributed by atoms with Gasteiger partial charge in [0.05, 0.1) is 18.6 Å². The van der Waals surface area contributed by atoms with Gasteiger partial charge in [-0.25, -0.2) is 9.97 Å². The minimum atomic E-state index is -0.123. The van der Waals surface area contributed by atoms with Crippen LogP contribution in [0.15, 0.2) is 30.7 Å². The Labute approximate surface area is 205 Å². The van der Waals surface area contributed by atoms with E-state index >= 15 is 0 Å². The molecule has 0 unspecified atom stereocenters. The highest BCUT2D eigenvalue weighted by molar-refractivity contribution is 6.02. The van der Waals surface area contributed by atoms with E-state index in [1.54, 1.807) is 6.33 Å². The molecule has 0 radical (unpaired) electrons. The van der Waals surface area contributed by atoms with Crippen LogP contribution in [-0.2, 0) is 10.2 Å². The number of rotatable bonds is 4. The summed E-state index contributed by atoms with van der Waals surface area (Å²) in [4.78, 5) is 27.5. The highest BCUT2D eigenvalue weighted by Crippen LogP contribution is 2.37. The molecule has 0 spiro atoms. The molecule has 35 heavy (non-hydrogen) atoms. The van der Waals surface area contributed by atoms with Gasteiger partial charge >= 0.3 is 0 Å². The summed E-state index contributed by atoms with van der Waals surface area (Å²) in [6, 6.07) is 7.22. The smallest absolute Gasteiger partial charge is 0.251 e. The van der Waals surface area contributed by atoms with Crippen LogP contribution in [0.2, 0.25) is 0 Å². The summed E-state index contributed by atoms with van der Waals surface area (Å²) in [7, 11) is 0. The van der Waals surface area contributed by atoms with Crippen LogP contribution >= 0.6 is 0 Å². The molecule has 2 aromatic heterocycles. The molecule has 8 nitrogen and oxygen atoms in total. The number of amides is 1. The number of ether oxygens (including phenoxy) is 1. The Morgan fingerprint density at radius 2 is 1.89 bits per heavy atom. The van der Waals surface area contributed by atoms with Crippen molar-refractivity contribution in [2.75, 3.05) is 38.2 Å². The second-order valence-corrected chi connectivity index (χ2v) is 10.8. The third-order valence-corrected chi connectivity index (χ3v) is 8.06. The number of carbonyl (C=O) groups excluding carboxylic acids is 1. The Hall–Kier alpha value is -2.97. The third-order valence-electron chi connectivity index (χ3n) is 8.06. The molecular formula is C27H34N6O2. The van der Waals surface area contributed by atoms with Crippen LogP contribution in [0.5, 0.6) is 0 Å². The van der Waals surface area contributed by atoms with Gasteiger partial charge in [-0.2, -0.15) is 0 Å². The Bertz CT molecular complexity index is 1240. The van der Waals surface area contributed by atoms with Crippen molar-refractivity contribution in [2.45, 2.75) is 57.0 Å². The molecular weight excluding hydrogens is 440 g/mol. The van der Waals surface area contributed by atoms with Crippen molar-refractivity contribution in [3.05, 3.63) is 41.9 Å². The van der Waals surface area contributed by atoms with E-state index in [2.05, 4.69) is 50.4 Å². The van der Waals surface area contributed by atoms with Crippen molar-refractivity contribution in [1.82, 2.24) is 25.2 Å². The average molecular weight is 475 g/mol. The van der Waals surface area contributed by atoms with Gasteiger partial charge in [-0.15, -0.1) is 0 Å². The van der Waals surface area contributed by atoms with Gasteiger partial charge in [-0.3, -0.25) is 9.69 Å². The predicted octanol–water partition coefficient (Wildman–Crippen LogP) is 3.70. The van der Waals surface area contributed by atoms with Crippen LogP contribution < -0.4 is 10.6 Å². The molecule has 1 saturated carbocycles. The number of morpholine rings is 1. The van der Waals surface area contributed by atoms with Gasteiger partial charge in [-0.05, 0) is 48.9 Å². The normalized spacial score (nSPS) is 24.7. The molecule has 2 aliphatic heterocycles. The molecule has 3 aromatic rings. The number of carbonyl (C=O) groups is 1. The molecule has 0 atom stereocenters. The van der Waals surface area contributed by atoms with Crippen molar-refractivity contribution in [3.8, 4) is 11.1 Å². The lowest BCUT2D eigenvalue weighted by Gasteiger charge is -2.39. The zero-order valence-electron chi connectivity index (χ0n) is 20.6. The summed E-state index contributed by atoms with van der Waals surface area (Å²) < 4.78 is 5.53. The van der Waals surface area contributed by atoms with E-state index in [1.807, 2.05) is 18.3 Å². The standard InChI is InChI=1S/C27H34N6O2/c1-27(2)15-29-26(34)20-8-3-17(13-22(20)27)21-14-28-24-23(21)25(31-16-30-24)32-18-4-6-19(7-5-18)33-9-11-35-12-10-33/h3,8,13-14,16,18-19H,4-7,9-12,15H2,1-2H3,(H,29,34)(H2,28,30,31,32). The lowest BCUT2D eigenvalue weighted by molar-refractivity contribution is 0.00791. The maximum atomic E-state index is 12.4. The molecule has 3 aliphatic rings. The molecule has 1 aromatic carbocycles. The van der Waals surface area contributed by atoms with E-state index in [9.17, 15) is 4.79 Å². The first-order valence-electron chi connectivity index (χ1n) is 12.8. The summed E-state index contributed by atoms with van der Waals surface area (Å²) in [6.45, 7) is 8.82. The van der Waals surface area contributed by atoms with Gasteiger partial charge in [0.15, 0.2) is 0 Å². The van der Waals surface area contributed by atoms with Crippen LogP contribution in [0, 0.1) is 0 Å². The second kappa shape index (κ2) is 8.91. The highest BCUT2D eigenvalue weighted by atomic mass is 16.5. The monoisotopic (exact) mass is 474 g/mol. The Balaban J connectivity index is 1.26. The Morgan fingerprint density at radius 1 is 1.09 bits per heavy atom. The van der Waals surface area contributed by atoms with Crippen LogP contribution in [-0.4, -0.2) is 70.7 Å². The summed E-state index contributed by atoms with van der Waals surface area (Å²) in [5.41, 5.74) is 4.69. The summed E-state index contributed by atoms with van der Waals surface area (Å²) >= 11 is 0. The van der Waals surface area contributed by atoms with Crippen LogP contribution in [0.4, 0.5) is 5.82 Å². The SMILES string of the molecule is CC1(C)CNC(=O)c2ccc(-c3c[nH]c4ncnc(NC5CCC(N6CCOCC6)CC5)c34)cc21. The summed E-state index contributed by atoms with van der Waals surface area (Å²) in [5.74, 6) is 0.888. The predicted molar refractivity (Wildman–Crippen MR) is 137 cm³/mol. The number of hydrogen-bond acceptors (Lipinski definition) is 6. The zero-order chi connectivity index (χ0) is 24.0. The summed E-state index contributed by atoms with van der Waals surface area (Å²) in [6.07, 6.45) is 8.31. The van der Waals surface area contributed by atoms with Crippen LogP contribution in [0.25, 0.3) is 22.2 Å². The molecule has 1 aliphatic carbocycles. The quantitative estimate of drug-likeness (QED) is 0.534. The van der Waals surface area contributed by atoms with Gasteiger partial charge in [0, 0.05) is 54.5 Å². The van der Waals surface area contributed by atoms with E-state index in [-0.39, 0.29) is 11.3 Å². The zero-order valence-corrected chi connectivity index (χ0v) is 20.6. The minimum Gasteiger partial charge on any atom is -0.379 e. The third kappa shape index (κ3) is 4.19. The molecule has 184 valence electrons. The second-order valence-electron chi connectivity index (χ2n) is 10.8. The van der Waals surface area contributed by atoms with Gasteiger partial charge in [0.1, 0.15) is 17.8 Å². The first kappa shape index (κ1) is 22.5. The lowest BCUT2D eigenvalue weighted by Crippen LogP contribution is -2.46. The molecule has 3 N–H and O–H groups in total. The summed E-state index contributed by atoms with van der Waals surface area (Å²) in [5, 5.41) is 7.77. The number of benzene rings is 1. The van der Waals surface area contributed by atoms with Crippen LogP contribution in [0.3, 0.4) is 0 Å². The van der Waals surface area contributed by atoms with E-state index in [4.69, 9.17) is 4.74 Å². The van der Waals surface area contributed by atoms with E-state index < -0.39 is 0 Å². The van der Waals surface area contributed by atoms with Crippen LogP contribution in [0.1, 0.15) is 55.5 Å². The number of anilines is 1. The van der Waals surface area contributed by atoms with Crippen molar-refractivity contribution >= 4 is 22.8 Å². The van der Waals surface area contributed by atoms with E-state index in [0.29, 0.717) is 18.6 Å². The minimum absolute atomic E-state index is 0.00294. The van der Waals surface area contributed by atoms with Crippen molar-refractivity contribution in [3.63, 3.8) is 0 Å². The molecule has 6 rings (SSSR count). The lowest BCUT2D eigenvalue weighted by atomic mass is 9.78. The number of hydrogen-bond donors (Lipinski definition) is 3. The first-order valence-corrected chi connectivity index (χ1v) is 12.8. The van der Waals surface area contributed by atoms with Crippen molar-refractivity contribution in [2.24, 2.45) is 0 Å². The van der Waals surface area contributed by atoms with Gasteiger partial charge < -0.3 is 20.4 Å². The topological polar surface area (TPSA) is 95.2 Å². The Morgan fingerprint density at radius 3 is 2.69 bits per heavy atom. The number of H-pyrrole nitrogens is 1. The van der Waals surface area contributed by atoms with Gasteiger partial charge in [0.2, 0.25) is 0 Å². The number of nitrogens with one attached hydrogen (secondary N) is 3. The largest absolute Gasteiger partial charge is 0.379 e. The average Bonchev–Trinajstić information content (AvgIpc) is 3.33. The molecule has 0 bridgehead atoms. The number of nitrogens with zero attached hydrogens (tertiary/aromatic N) is 3. The molecule has 2 fully saturated rings. The molecule has 1 amide bonds. The fourth-order valence-corrected chi connectivity index (χ4v) is 5.98. The maximum absolute atomic E-state index is 12.4. The Kier molecular flexibility index (Phi) is 5.73. The molecule has 8 heteroatoms. The number of aromatic nitrogens is 3. The fourth-order valence-electron chi connectivity index (χ4n) is 5.98. The maximum Gasteiger partial charge on any atom is 0.251 e. The van der Waals surface area contributed by atoms with Crippen molar-refractivity contribution < 1.29 is 9.53 Å². The molecule has 1 saturated heterocycles.